The van der Waals surface area contributed by atoms with E-state index in [-0.39, 0.29) is 5.54 Å². The van der Waals surface area contributed by atoms with Crippen LogP contribution >= 0.6 is 0 Å². The van der Waals surface area contributed by atoms with Gasteiger partial charge in [0.25, 0.3) is 0 Å². The molecule has 5 aromatic rings. The predicted octanol–water partition coefficient (Wildman–Crippen LogP) is 3.31. The van der Waals surface area contributed by atoms with Crippen molar-refractivity contribution in [3.05, 3.63) is 73.5 Å². The number of benzene rings is 1. The third-order valence-electron chi connectivity index (χ3n) is 7.02. The first-order chi connectivity index (χ1) is 16.8. The molecule has 0 bridgehead atoms. The smallest absolute Gasteiger partial charge is 0.237 e. The van der Waals surface area contributed by atoms with Crippen molar-refractivity contribution in [3.8, 4) is 28.7 Å². The van der Waals surface area contributed by atoms with Gasteiger partial charge in [0, 0.05) is 36.9 Å². The molecule has 0 unspecified atom stereocenters. The molecular formula is C24H22N10. The number of rotatable bonds is 4. The summed E-state index contributed by atoms with van der Waals surface area (Å²) >= 11 is 0. The fraction of sp³-hybridized carbons (Fsp3) is 0.250. The van der Waals surface area contributed by atoms with E-state index in [1.807, 2.05) is 56.7 Å². The SMILES string of the molecule is CC[C@@]12CCCN1c1nc(-n3ccnc3-c3cccc(-n4cccn4)c3)ncc1-n1cnnc12. The standard InChI is InChI=1S/C24H22N10/c1-2-24-8-4-11-33(24)21-19(32-16-27-30-22(24)32)15-26-23(29-21)31-13-10-25-20(31)17-6-3-7-18(14-17)34-12-5-9-28-34/h3,5-7,9-10,12-16H,2,4,8,11H2,1H3/t24-/m0/s1. The number of imidazole rings is 1. The van der Waals surface area contributed by atoms with Gasteiger partial charge in [0.05, 0.1) is 11.9 Å². The molecule has 168 valence electrons. The van der Waals surface area contributed by atoms with E-state index in [0.29, 0.717) is 5.95 Å². The monoisotopic (exact) mass is 450 g/mol. The third-order valence-corrected chi connectivity index (χ3v) is 7.02. The molecule has 10 heteroatoms. The Morgan fingerprint density at radius 2 is 2.03 bits per heavy atom. The summed E-state index contributed by atoms with van der Waals surface area (Å²) in [5.41, 5.74) is 2.67. The molecule has 4 aromatic heterocycles. The zero-order valence-electron chi connectivity index (χ0n) is 18.7. The second kappa shape index (κ2) is 7.08. The lowest BCUT2D eigenvalue weighted by molar-refractivity contribution is 0.382. The molecule has 6 heterocycles. The highest BCUT2D eigenvalue weighted by Crippen LogP contribution is 2.48. The highest BCUT2D eigenvalue weighted by Gasteiger charge is 2.49. The van der Waals surface area contributed by atoms with Gasteiger partial charge < -0.3 is 4.90 Å². The van der Waals surface area contributed by atoms with Crippen LogP contribution in [0.2, 0.25) is 0 Å². The van der Waals surface area contributed by atoms with Gasteiger partial charge in [-0.1, -0.05) is 19.1 Å². The van der Waals surface area contributed by atoms with E-state index in [0.717, 1.165) is 60.2 Å². The molecule has 0 amide bonds. The first kappa shape index (κ1) is 19.2. The van der Waals surface area contributed by atoms with Gasteiger partial charge in [-0.3, -0.25) is 9.13 Å². The average Bonchev–Trinajstić information content (AvgIpc) is 3.70. The van der Waals surface area contributed by atoms with Gasteiger partial charge in [-0.25, -0.2) is 14.6 Å². The summed E-state index contributed by atoms with van der Waals surface area (Å²) in [5.74, 6) is 3.26. The molecule has 1 atom stereocenters. The Balaban J connectivity index is 1.35. The van der Waals surface area contributed by atoms with Crippen molar-refractivity contribution in [1.82, 2.24) is 44.1 Å². The molecular weight excluding hydrogens is 428 g/mol. The Hall–Kier alpha value is -4.34. The van der Waals surface area contributed by atoms with Crippen LogP contribution in [0, 0.1) is 0 Å². The van der Waals surface area contributed by atoms with Gasteiger partial charge in [-0.05, 0) is 37.5 Å². The van der Waals surface area contributed by atoms with Crippen LogP contribution in [0.5, 0.6) is 0 Å². The van der Waals surface area contributed by atoms with Crippen LogP contribution in [0.25, 0.3) is 28.7 Å². The molecule has 1 aromatic carbocycles. The van der Waals surface area contributed by atoms with Gasteiger partial charge in [0.15, 0.2) is 11.6 Å². The van der Waals surface area contributed by atoms with Crippen LogP contribution in [-0.2, 0) is 5.54 Å². The highest BCUT2D eigenvalue weighted by atomic mass is 15.4. The molecule has 7 rings (SSSR count). The van der Waals surface area contributed by atoms with Gasteiger partial charge in [0.2, 0.25) is 5.95 Å². The lowest BCUT2D eigenvalue weighted by Gasteiger charge is -2.42. The summed E-state index contributed by atoms with van der Waals surface area (Å²) in [6.45, 7) is 3.15. The number of hydrogen-bond acceptors (Lipinski definition) is 7. The minimum atomic E-state index is -0.176. The van der Waals surface area contributed by atoms with Crippen molar-refractivity contribution in [1.29, 1.82) is 0 Å². The first-order valence-electron chi connectivity index (χ1n) is 11.5. The summed E-state index contributed by atoms with van der Waals surface area (Å²) in [6.07, 6.45) is 14.1. The second-order valence-corrected chi connectivity index (χ2v) is 8.67. The fourth-order valence-electron chi connectivity index (χ4n) is 5.40. The van der Waals surface area contributed by atoms with E-state index >= 15 is 0 Å². The molecule has 0 saturated carbocycles. The Labute approximate surface area is 195 Å². The Morgan fingerprint density at radius 3 is 2.91 bits per heavy atom. The molecule has 1 saturated heterocycles. The van der Waals surface area contributed by atoms with Crippen LogP contribution in [0.15, 0.2) is 67.6 Å². The molecule has 0 aliphatic carbocycles. The lowest BCUT2D eigenvalue weighted by atomic mass is 9.90. The molecule has 2 aliphatic heterocycles. The van der Waals surface area contributed by atoms with Crippen LogP contribution in [0.3, 0.4) is 0 Å². The second-order valence-electron chi connectivity index (χ2n) is 8.67. The average molecular weight is 451 g/mol. The van der Waals surface area contributed by atoms with Crippen molar-refractivity contribution >= 4 is 5.82 Å². The van der Waals surface area contributed by atoms with Gasteiger partial charge >= 0.3 is 0 Å². The summed E-state index contributed by atoms with van der Waals surface area (Å²) in [6, 6.07) is 10.0. The molecule has 1 fully saturated rings. The predicted molar refractivity (Wildman–Crippen MR) is 125 cm³/mol. The van der Waals surface area contributed by atoms with Crippen LogP contribution in [-0.4, -0.2) is 50.6 Å². The maximum absolute atomic E-state index is 5.07. The van der Waals surface area contributed by atoms with E-state index in [1.165, 1.54) is 0 Å². The van der Waals surface area contributed by atoms with E-state index in [9.17, 15) is 0 Å². The minimum absolute atomic E-state index is 0.176. The molecule has 10 nitrogen and oxygen atoms in total. The summed E-state index contributed by atoms with van der Waals surface area (Å²) in [5, 5.41) is 13.1. The number of hydrogen-bond donors (Lipinski definition) is 0. The molecule has 0 N–H and O–H groups in total. The minimum Gasteiger partial charge on any atom is -0.342 e. The zero-order chi connectivity index (χ0) is 22.7. The molecule has 34 heavy (non-hydrogen) atoms. The molecule has 2 aliphatic rings. The zero-order valence-corrected chi connectivity index (χ0v) is 18.7. The van der Waals surface area contributed by atoms with Crippen LogP contribution in [0.4, 0.5) is 5.82 Å². The summed E-state index contributed by atoms with van der Waals surface area (Å²) < 4.78 is 5.82. The number of anilines is 1. The van der Waals surface area contributed by atoms with Crippen LogP contribution in [0.1, 0.15) is 32.0 Å². The van der Waals surface area contributed by atoms with Crippen LogP contribution < -0.4 is 4.90 Å². The van der Waals surface area contributed by atoms with E-state index < -0.39 is 0 Å². The van der Waals surface area contributed by atoms with Crippen molar-refractivity contribution in [2.75, 3.05) is 11.4 Å². The highest BCUT2D eigenvalue weighted by molar-refractivity contribution is 5.66. The Morgan fingerprint density at radius 1 is 1.06 bits per heavy atom. The Bertz CT molecular complexity index is 1500. The van der Waals surface area contributed by atoms with E-state index in [2.05, 4.69) is 38.2 Å². The number of fused-ring (bicyclic) bond motifs is 6. The van der Waals surface area contributed by atoms with Crippen molar-refractivity contribution in [2.24, 2.45) is 0 Å². The van der Waals surface area contributed by atoms with Gasteiger partial charge in [0.1, 0.15) is 23.4 Å². The topological polar surface area (TPSA) is 95.4 Å². The normalized spacial score (nSPS) is 18.6. The summed E-state index contributed by atoms with van der Waals surface area (Å²) in [7, 11) is 0. The molecule has 0 spiro atoms. The fourth-order valence-corrected chi connectivity index (χ4v) is 5.40. The number of aromatic nitrogens is 9. The van der Waals surface area contributed by atoms with Crippen molar-refractivity contribution in [2.45, 2.75) is 31.7 Å². The molecule has 0 radical (unpaired) electrons. The Kier molecular flexibility index (Phi) is 3.99. The largest absolute Gasteiger partial charge is 0.342 e. The maximum Gasteiger partial charge on any atom is 0.237 e. The van der Waals surface area contributed by atoms with Crippen molar-refractivity contribution in [3.63, 3.8) is 0 Å². The number of nitrogens with zero attached hydrogens (tertiary/aromatic N) is 10. The quantitative estimate of drug-likeness (QED) is 0.414. The van der Waals surface area contributed by atoms with E-state index in [1.54, 1.807) is 18.7 Å². The summed E-state index contributed by atoms with van der Waals surface area (Å²) in [4.78, 5) is 16.8. The van der Waals surface area contributed by atoms with Crippen molar-refractivity contribution < 1.29 is 0 Å². The maximum atomic E-state index is 5.07. The first-order valence-corrected chi connectivity index (χ1v) is 11.5. The van der Waals surface area contributed by atoms with Gasteiger partial charge in [-0.15, -0.1) is 10.2 Å². The van der Waals surface area contributed by atoms with E-state index in [4.69, 9.17) is 9.97 Å². The van der Waals surface area contributed by atoms with Gasteiger partial charge in [-0.2, -0.15) is 10.1 Å². The lowest BCUT2D eigenvalue weighted by Crippen LogP contribution is -2.46. The third kappa shape index (κ3) is 2.56.